The van der Waals surface area contributed by atoms with E-state index in [0.717, 1.165) is 12.1 Å². The van der Waals surface area contributed by atoms with E-state index < -0.39 is 17.6 Å². The Morgan fingerprint density at radius 3 is 2.73 bits per heavy atom. The Morgan fingerprint density at radius 2 is 2.08 bits per heavy atom. The molecule has 26 heavy (non-hydrogen) atoms. The summed E-state index contributed by atoms with van der Waals surface area (Å²) in [6.07, 6.45) is -0.840. The number of nitrogens with one attached hydrogen (secondary N) is 1. The van der Waals surface area contributed by atoms with Gasteiger partial charge < -0.3 is 14.8 Å². The fourth-order valence-corrected chi connectivity index (χ4v) is 2.22. The van der Waals surface area contributed by atoms with Crippen LogP contribution in [-0.4, -0.2) is 42.6 Å². The molecule has 0 radical (unpaired) electrons. The van der Waals surface area contributed by atoms with Gasteiger partial charge in [0.25, 0.3) is 0 Å². The molecule has 1 aromatic carbocycles. The number of alkyl halides is 3. The van der Waals surface area contributed by atoms with Gasteiger partial charge in [-0.15, -0.1) is 0 Å². The third-order valence-electron chi connectivity index (χ3n) is 3.47. The monoisotopic (exact) mass is 371 g/mol. The van der Waals surface area contributed by atoms with E-state index in [1.807, 2.05) is 0 Å². The molecule has 6 nitrogen and oxygen atoms in total. The van der Waals surface area contributed by atoms with Crippen molar-refractivity contribution in [1.29, 1.82) is 0 Å². The highest BCUT2D eigenvalue weighted by Crippen LogP contribution is 2.33. The number of hydrogen-bond donors (Lipinski definition) is 1. The molecule has 142 valence electrons. The number of anilines is 1. The fourth-order valence-electron chi connectivity index (χ4n) is 2.22. The van der Waals surface area contributed by atoms with Crippen molar-refractivity contribution >= 4 is 11.6 Å². The predicted molar refractivity (Wildman–Crippen MR) is 89.1 cm³/mol. The van der Waals surface area contributed by atoms with Crippen molar-refractivity contribution in [3.63, 3.8) is 0 Å². The van der Waals surface area contributed by atoms with E-state index >= 15 is 0 Å². The number of rotatable bonds is 9. The third kappa shape index (κ3) is 5.85. The van der Waals surface area contributed by atoms with Gasteiger partial charge >= 0.3 is 6.18 Å². The fraction of sp³-hybridized carbons (Fsp3) is 0.412. The molecule has 1 N–H and O–H groups in total. The van der Waals surface area contributed by atoms with Crippen LogP contribution in [0.3, 0.4) is 0 Å². The Bertz CT molecular complexity index is 703. The first kappa shape index (κ1) is 19.9. The molecule has 0 aliphatic rings. The molecule has 0 atom stereocenters. The van der Waals surface area contributed by atoms with Gasteiger partial charge in [-0.1, -0.05) is 0 Å². The van der Waals surface area contributed by atoms with E-state index in [9.17, 15) is 18.0 Å². The molecule has 0 aliphatic carbocycles. The topological polar surface area (TPSA) is 65.4 Å². The van der Waals surface area contributed by atoms with E-state index in [-0.39, 0.29) is 12.1 Å². The van der Waals surface area contributed by atoms with Crippen molar-refractivity contribution in [1.82, 2.24) is 9.78 Å². The number of hydrogen-bond acceptors (Lipinski definition) is 4. The number of amides is 1. The molecule has 0 aliphatic heterocycles. The molecular weight excluding hydrogens is 351 g/mol. The maximum absolute atomic E-state index is 13.0. The predicted octanol–water partition coefficient (Wildman–Crippen LogP) is 3.27. The second-order valence-electron chi connectivity index (χ2n) is 5.44. The Kier molecular flexibility index (Phi) is 7.16. The van der Waals surface area contributed by atoms with E-state index in [1.165, 1.54) is 16.9 Å². The zero-order valence-corrected chi connectivity index (χ0v) is 14.3. The first-order chi connectivity index (χ1) is 12.4. The second-order valence-corrected chi connectivity index (χ2v) is 5.44. The molecule has 2 rings (SSSR count). The van der Waals surface area contributed by atoms with Crippen molar-refractivity contribution in [2.75, 3.05) is 32.2 Å². The summed E-state index contributed by atoms with van der Waals surface area (Å²) in [5, 5.41) is 6.54. The van der Waals surface area contributed by atoms with E-state index in [4.69, 9.17) is 9.47 Å². The maximum Gasteiger partial charge on any atom is 0.416 e. The van der Waals surface area contributed by atoms with Gasteiger partial charge in [0.15, 0.2) is 0 Å². The maximum atomic E-state index is 13.0. The molecule has 1 aromatic heterocycles. The van der Waals surface area contributed by atoms with Gasteiger partial charge in [0.2, 0.25) is 5.91 Å². The van der Waals surface area contributed by atoms with Gasteiger partial charge in [0.05, 0.1) is 30.2 Å². The average molecular weight is 371 g/mol. The number of carbonyl (C=O) groups is 1. The lowest BCUT2D eigenvalue weighted by Gasteiger charge is -2.14. The third-order valence-corrected chi connectivity index (χ3v) is 3.47. The highest BCUT2D eigenvalue weighted by atomic mass is 19.4. The van der Waals surface area contributed by atoms with Crippen LogP contribution in [0.5, 0.6) is 0 Å². The van der Waals surface area contributed by atoms with Gasteiger partial charge in [-0.05, 0) is 30.7 Å². The number of halogens is 3. The minimum absolute atomic E-state index is 0.0498. The van der Waals surface area contributed by atoms with Gasteiger partial charge in [-0.2, -0.15) is 18.3 Å². The van der Waals surface area contributed by atoms with Crippen molar-refractivity contribution in [3.8, 4) is 5.69 Å². The van der Waals surface area contributed by atoms with Crippen LogP contribution in [0, 0.1) is 0 Å². The van der Waals surface area contributed by atoms with E-state index in [1.54, 1.807) is 19.4 Å². The molecule has 2 aromatic rings. The zero-order valence-electron chi connectivity index (χ0n) is 14.3. The number of methoxy groups -OCH3 is 1. The normalized spacial score (nSPS) is 11.5. The second kappa shape index (κ2) is 9.35. The summed E-state index contributed by atoms with van der Waals surface area (Å²) < 4.78 is 50.4. The highest BCUT2D eigenvalue weighted by molar-refractivity contribution is 5.93. The lowest BCUT2D eigenvalue weighted by Crippen LogP contribution is -2.16. The van der Waals surface area contributed by atoms with Gasteiger partial charge in [-0.25, -0.2) is 4.68 Å². The smallest absolute Gasteiger partial charge is 0.382 e. The van der Waals surface area contributed by atoms with E-state index in [2.05, 4.69) is 10.4 Å². The Morgan fingerprint density at radius 1 is 1.27 bits per heavy atom. The first-order valence-corrected chi connectivity index (χ1v) is 7.99. The number of nitrogens with zero attached hydrogens (tertiary/aromatic N) is 2. The van der Waals surface area contributed by atoms with Crippen LogP contribution in [0.25, 0.3) is 5.69 Å². The summed E-state index contributed by atoms with van der Waals surface area (Å²) in [5.74, 6) is -0.395. The summed E-state index contributed by atoms with van der Waals surface area (Å²) in [4.78, 5) is 12.1. The van der Waals surface area contributed by atoms with Crippen molar-refractivity contribution in [2.45, 2.75) is 19.0 Å². The van der Waals surface area contributed by atoms with Crippen LogP contribution >= 0.6 is 0 Å². The molecule has 0 unspecified atom stereocenters. The standard InChI is InChI=1S/C17H20F3N3O3/c1-25-10-11-26-9-2-4-16(24)22-14-12-13(17(18,19)20)5-6-15(14)23-8-3-7-21-23/h3,5-8,12H,2,4,9-11H2,1H3,(H,22,24). The van der Waals surface area contributed by atoms with Crippen LogP contribution in [0.1, 0.15) is 18.4 Å². The highest BCUT2D eigenvalue weighted by Gasteiger charge is 2.31. The molecule has 1 amide bonds. The van der Waals surface area contributed by atoms with Crippen LogP contribution < -0.4 is 5.32 Å². The van der Waals surface area contributed by atoms with Gasteiger partial charge in [0, 0.05) is 32.5 Å². The minimum Gasteiger partial charge on any atom is -0.382 e. The lowest BCUT2D eigenvalue weighted by atomic mass is 10.1. The molecule has 0 fully saturated rings. The Hall–Kier alpha value is -2.39. The van der Waals surface area contributed by atoms with Gasteiger partial charge in [-0.3, -0.25) is 4.79 Å². The summed E-state index contributed by atoms with van der Waals surface area (Å²) in [7, 11) is 1.56. The zero-order chi connectivity index (χ0) is 19.0. The average Bonchev–Trinajstić information content (AvgIpc) is 3.11. The summed E-state index contributed by atoms with van der Waals surface area (Å²) in [6.45, 7) is 1.25. The summed E-state index contributed by atoms with van der Waals surface area (Å²) in [5.41, 5.74) is -0.437. The first-order valence-electron chi connectivity index (χ1n) is 7.99. The number of carbonyl (C=O) groups excluding carboxylic acids is 1. The summed E-state index contributed by atoms with van der Waals surface area (Å²) in [6, 6.07) is 4.78. The quantitative estimate of drug-likeness (QED) is 0.687. The lowest BCUT2D eigenvalue weighted by molar-refractivity contribution is -0.137. The molecule has 1 heterocycles. The number of ether oxygens (including phenoxy) is 2. The van der Waals surface area contributed by atoms with Crippen LogP contribution in [0.2, 0.25) is 0 Å². The summed E-state index contributed by atoms with van der Waals surface area (Å²) >= 11 is 0. The molecular formula is C17H20F3N3O3. The molecule has 0 bridgehead atoms. The minimum atomic E-state index is -4.50. The molecule has 9 heteroatoms. The van der Waals surface area contributed by atoms with Crippen molar-refractivity contribution in [3.05, 3.63) is 42.2 Å². The van der Waals surface area contributed by atoms with Crippen LogP contribution in [-0.2, 0) is 20.4 Å². The Balaban J connectivity index is 2.04. The molecule has 0 spiro atoms. The van der Waals surface area contributed by atoms with Gasteiger partial charge in [0.1, 0.15) is 0 Å². The van der Waals surface area contributed by atoms with E-state index in [0.29, 0.717) is 31.9 Å². The van der Waals surface area contributed by atoms with Crippen LogP contribution in [0.15, 0.2) is 36.7 Å². The largest absolute Gasteiger partial charge is 0.416 e. The Labute approximate surface area is 148 Å². The molecule has 0 saturated carbocycles. The van der Waals surface area contributed by atoms with Crippen molar-refractivity contribution < 1.29 is 27.4 Å². The van der Waals surface area contributed by atoms with Crippen LogP contribution in [0.4, 0.5) is 18.9 Å². The SMILES string of the molecule is COCCOCCCC(=O)Nc1cc(C(F)(F)F)ccc1-n1cccn1. The molecule has 0 saturated heterocycles. The number of benzene rings is 1. The van der Waals surface area contributed by atoms with Crippen molar-refractivity contribution in [2.24, 2.45) is 0 Å². The number of aromatic nitrogens is 2.